The molecule has 1 aromatic carbocycles. The fraction of sp³-hybridized carbons (Fsp3) is 0.400. The smallest absolute Gasteiger partial charge is 0.271 e. The van der Waals surface area contributed by atoms with Gasteiger partial charge in [0.05, 0.1) is 15.5 Å². The minimum atomic E-state index is -3.93. The topological polar surface area (TPSA) is 110 Å². The van der Waals surface area contributed by atoms with Crippen LogP contribution in [0.25, 0.3) is 0 Å². The van der Waals surface area contributed by atoms with Crippen molar-refractivity contribution in [2.75, 3.05) is 6.54 Å². The van der Waals surface area contributed by atoms with E-state index in [2.05, 4.69) is 4.72 Å². The predicted octanol–water partition coefficient (Wildman–Crippen LogP) is 1.30. The van der Waals surface area contributed by atoms with Gasteiger partial charge in [0.25, 0.3) is 5.69 Å². The third-order valence-corrected chi connectivity index (χ3v) is 3.99. The van der Waals surface area contributed by atoms with E-state index < -0.39 is 20.5 Å². The number of hydrogen-bond donors (Lipinski definition) is 2. The lowest BCUT2D eigenvalue weighted by atomic mass is 10.1. The highest BCUT2D eigenvalue weighted by atomic mass is 35.5. The second-order valence-corrected chi connectivity index (χ2v) is 6.65. The molecule has 0 heterocycles. The number of halogens is 1. The molecule has 2 N–H and O–H groups in total. The number of rotatable bonds is 5. The quantitative estimate of drug-likeness (QED) is 0.629. The van der Waals surface area contributed by atoms with Gasteiger partial charge in [-0.2, -0.15) is 0 Å². The summed E-state index contributed by atoms with van der Waals surface area (Å²) in [7, 11) is -3.93. The first kappa shape index (κ1) is 15.8. The van der Waals surface area contributed by atoms with Crippen LogP contribution in [0, 0.1) is 10.1 Å². The van der Waals surface area contributed by atoms with Gasteiger partial charge in [-0.1, -0.05) is 11.6 Å². The van der Waals surface area contributed by atoms with Crippen LogP contribution in [0.1, 0.15) is 13.8 Å². The summed E-state index contributed by atoms with van der Waals surface area (Å²) in [4.78, 5) is 9.57. The van der Waals surface area contributed by atoms with Crippen molar-refractivity contribution >= 4 is 27.3 Å². The number of aliphatic hydroxyl groups is 1. The molecule has 0 bridgehead atoms. The number of non-ortho nitro benzene ring substituents is 1. The van der Waals surface area contributed by atoms with Crippen molar-refractivity contribution in [3.63, 3.8) is 0 Å². The Morgan fingerprint density at radius 3 is 2.47 bits per heavy atom. The Labute approximate surface area is 115 Å². The summed E-state index contributed by atoms with van der Waals surface area (Å²) in [5.41, 5.74) is -1.52. The third-order valence-electron chi connectivity index (χ3n) is 2.11. The summed E-state index contributed by atoms with van der Waals surface area (Å²) in [5, 5.41) is 19.7. The second-order valence-electron chi connectivity index (χ2n) is 4.51. The van der Waals surface area contributed by atoms with E-state index in [1.165, 1.54) is 13.8 Å². The number of nitro benzene ring substituents is 1. The van der Waals surface area contributed by atoms with Crippen molar-refractivity contribution in [2.45, 2.75) is 24.3 Å². The minimum Gasteiger partial charge on any atom is -0.389 e. The zero-order chi connectivity index (χ0) is 14.8. The van der Waals surface area contributed by atoms with E-state index in [1.807, 2.05) is 0 Å². The Hall–Kier alpha value is -1.22. The Bertz CT molecular complexity index is 594. The molecule has 0 unspecified atom stereocenters. The molecule has 1 rings (SSSR count). The van der Waals surface area contributed by atoms with Gasteiger partial charge in [-0.05, 0) is 19.9 Å². The molecule has 7 nitrogen and oxygen atoms in total. The number of sulfonamides is 1. The van der Waals surface area contributed by atoms with E-state index in [-0.39, 0.29) is 22.2 Å². The van der Waals surface area contributed by atoms with Crippen LogP contribution >= 0.6 is 11.6 Å². The molecule has 0 amide bonds. The van der Waals surface area contributed by atoms with E-state index in [0.29, 0.717) is 0 Å². The van der Waals surface area contributed by atoms with Crippen LogP contribution in [0.5, 0.6) is 0 Å². The lowest BCUT2D eigenvalue weighted by Crippen LogP contribution is -2.38. The lowest BCUT2D eigenvalue weighted by molar-refractivity contribution is -0.384. The molecule has 0 radical (unpaired) electrons. The number of nitrogens with zero attached hydrogens (tertiary/aromatic N) is 1. The van der Waals surface area contributed by atoms with Gasteiger partial charge >= 0.3 is 0 Å². The molecule has 0 aromatic heterocycles. The summed E-state index contributed by atoms with van der Waals surface area (Å²) < 4.78 is 26.0. The van der Waals surface area contributed by atoms with E-state index >= 15 is 0 Å². The summed E-state index contributed by atoms with van der Waals surface area (Å²) in [6, 6.07) is 3.05. The summed E-state index contributed by atoms with van der Waals surface area (Å²) >= 11 is 5.72. The predicted molar refractivity (Wildman–Crippen MR) is 69.6 cm³/mol. The normalized spacial score (nSPS) is 12.4. The van der Waals surface area contributed by atoms with Crippen molar-refractivity contribution in [1.82, 2.24) is 4.72 Å². The van der Waals surface area contributed by atoms with Gasteiger partial charge in [0.2, 0.25) is 10.0 Å². The SMILES string of the molecule is CC(C)(O)CNS(=O)(=O)c1ccc([N+](=O)[O-])cc1Cl. The summed E-state index contributed by atoms with van der Waals surface area (Å²) in [5.74, 6) is 0. The summed E-state index contributed by atoms with van der Waals surface area (Å²) in [6.07, 6.45) is 0. The van der Waals surface area contributed by atoms with Gasteiger partial charge in [0.15, 0.2) is 0 Å². The monoisotopic (exact) mass is 308 g/mol. The van der Waals surface area contributed by atoms with Crippen molar-refractivity contribution < 1.29 is 18.4 Å². The van der Waals surface area contributed by atoms with E-state index in [0.717, 1.165) is 18.2 Å². The Morgan fingerprint density at radius 2 is 2.05 bits per heavy atom. The second kappa shape index (κ2) is 5.41. The van der Waals surface area contributed by atoms with Crippen molar-refractivity contribution in [2.24, 2.45) is 0 Å². The highest BCUT2D eigenvalue weighted by molar-refractivity contribution is 7.89. The van der Waals surface area contributed by atoms with Gasteiger partial charge in [0.1, 0.15) is 4.90 Å². The molecule has 0 aliphatic heterocycles. The molecule has 19 heavy (non-hydrogen) atoms. The van der Waals surface area contributed by atoms with Gasteiger partial charge in [-0.15, -0.1) is 0 Å². The largest absolute Gasteiger partial charge is 0.389 e. The highest BCUT2D eigenvalue weighted by Gasteiger charge is 2.23. The molecule has 1 aromatic rings. The first-order valence-corrected chi connectivity index (χ1v) is 7.05. The van der Waals surface area contributed by atoms with Crippen molar-refractivity contribution in [3.8, 4) is 0 Å². The van der Waals surface area contributed by atoms with Crippen LogP contribution in [0.4, 0.5) is 5.69 Å². The first-order valence-electron chi connectivity index (χ1n) is 5.19. The van der Waals surface area contributed by atoms with Gasteiger partial charge in [-0.25, -0.2) is 13.1 Å². The molecular weight excluding hydrogens is 296 g/mol. The van der Waals surface area contributed by atoms with Gasteiger partial charge in [-0.3, -0.25) is 10.1 Å². The number of hydrogen-bond acceptors (Lipinski definition) is 5. The Morgan fingerprint density at radius 1 is 1.47 bits per heavy atom. The number of nitrogens with one attached hydrogen (secondary N) is 1. The molecule has 0 aliphatic rings. The molecule has 0 aliphatic carbocycles. The Kier molecular flexibility index (Phi) is 4.51. The zero-order valence-corrected chi connectivity index (χ0v) is 11.8. The molecule has 0 atom stereocenters. The van der Waals surface area contributed by atoms with Crippen LogP contribution in [-0.4, -0.2) is 30.6 Å². The average molecular weight is 309 g/mol. The van der Waals surface area contributed by atoms with Crippen LogP contribution in [-0.2, 0) is 10.0 Å². The molecule has 0 fully saturated rings. The maximum atomic E-state index is 11.9. The number of benzene rings is 1. The van der Waals surface area contributed by atoms with Crippen LogP contribution in [0.2, 0.25) is 5.02 Å². The average Bonchev–Trinajstić information content (AvgIpc) is 2.25. The van der Waals surface area contributed by atoms with E-state index in [4.69, 9.17) is 11.6 Å². The first-order chi connectivity index (χ1) is 8.53. The van der Waals surface area contributed by atoms with Crippen LogP contribution < -0.4 is 4.72 Å². The molecule has 0 spiro atoms. The van der Waals surface area contributed by atoms with Crippen LogP contribution in [0.15, 0.2) is 23.1 Å². The van der Waals surface area contributed by atoms with Crippen LogP contribution in [0.3, 0.4) is 0 Å². The Balaban J connectivity index is 3.06. The van der Waals surface area contributed by atoms with Gasteiger partial charge in [0, 0.05) is 18.7 Å². The van der Waals surface area contributed by atoms with Gasteiger partial charge < -0.3 is 5.11 Å². The maximum Gasteiger partial charge on any atom is 0.271 e. The van der Waals surface area contributed by atoms with E-state index in [9.17, 15) is 23.6 Å². The molecule has 0 saturated heterocycles. The molecular formula is C10H13ClN2O5S. The summed E-state index contributed by atoms with van der Waals surface area (Å²) in [6.45, 7) is 2.67. The zero-order valence-electron chi connectivity index (χ0n) is 10.3. The molecule has 106 valence electrons. The molecule has 0 saturated carbocycles. The highest BCUT2D eigenvalue weighted by Crippen LogP contribution is 2.26. The van der Waals surface area contributed by atoms with E-state index in [1.54, 1.807) is 0 Å². The molecule has 9 heteroatoms. The lowest BCUT2D eigenvalue weighted by Gasteiger charge is -2.18. The fourth-order valence-corrected chi connectivity index (χ4v) is 2.91. The third kappa shape index (κ3) is 4.43. The minimum absolute atomic E-state index is 0.206. The standard InChI is InChI=1S/C10H13ClN2O5S/c1-10(2,14)6-12-19(17,18)9-4-3-7(13(15)16)5-8(9)11/h3-5,12,14H,6H2,1-2H3. The van der Waals surface area contributed by atoms with Crippen molar-refractivity contribution in [3.05, 3.63) is 33.3 Å². The fourth-order valence-electron chi connectivity index (χ4n) is 1.17. The number of nitro groups is 1. The van der Waals surface area contributed by atoms with Crippen molar-refractivity contribution in [1.29, 1.82) is 0 Å². The maximum absolute atomic E-state index is 11.9.